The second-order valence-corrected chi connectivity index (χ2v) is 5.21. The van der Waals surface area contributed by atoms with E-state index in [2.05, 4.69) is 22.4 Å². The fourth-order valence-corrected chi connectivity index (χ4v) is 2.08. The fraction of sp³-hybridized carbons (Fsp3) is 0.438. The van der Waals surface area contributed by atoms with Crippen LogP contribution in [0, 0.1) is 0 Å². The van der Waals surface area contributed by atoms with E-state index in [1.165, 1.54) is 0 Å². The van der Waals surface area contributed by atoms with Gasteiger partial charge in [-0.1, -0.05) is 31.2 Å². The van der Waals surface area contributed by atoms with E-state index in [0.29, 0.717) is 5.69 Å². The van der Waals surface area contributed by atoms with Gasteiger partial charge in [-0.05, 0) is 20.3 Å². The van der Waals surface area contributed by atoms with E-state index in [1.807, 2.05) is 50.1 Å². The second kappa shape index (κ2) is 6.52. The predicted molar refractivity (Wildman–Crippen MR) is 85.7 cm³/mol. The van der Waals surface area contributed by atoms with Crippen molar-refractivity contribution in [2.24, 2.45) is 0 Å². The van der Waals surface area contributed by atoms with Crippen LogP contribution in [0.15, 0.2) is 24.3 Å². The molecule has 5 nitrogen and oxygen atoms in total. The van der Waals surface area contributed by atoms with E-state index in [1.54, 1.807) is 0 Å². The molecule has 0 radical (unpaired) electrons. The SMILES string of the molecule is CCC(C)NC(=O)c1nnc(N(C)CC)c2ccccc12. The van der Waals surface area contributed by atoms with E-state index >= 15 is 0 Å². The third kappa shape index (κ3) is 3.12. The first-order valence-electron chi connectivity index (χ1n) is 7.35. The average Bonchev–Trinajstić information content (AvgIpc) is 2.52. The Labute approximate surface area is 125 Å². The lowest BCUT2D eigenvalue weighted by Crippen LogP contribution is -2.33. The largest absolute Gasteiger partial charge is 0.358 e. The Morgan fingerprint density at radius 3 is 2.52 bits per heavy atom. The molecule has 2 aromatic rings. The number of nitrogens with one attached hydrogen (secondary N) is 1. The van der Waals surface area contributed by atoms with E-state index in [0.717, 1.165) is 29.6 Å². The van der Waals surface area contributed by atoms with Gasteiger partial charge in [0.05, 0.1) is 0 Å². The molecule has 0 fully saturated rings. The van der Waals surface area contributed by atoms with E-state index < -0.39 is 0 Å². The molecule has 1 unspecified atom stereocenters. The van der Waals surface area contributed by atoms with Crippen molar-refractivity contribution in [3.05, 3.63) is 30.0 Å². The quantitative estimate of drug-likeness (QED) is 0.918. The lowest BCUT2D eigenvalue weighted by Gasteiger charge is -2.18. The van der Waals surface area contributed by atoms with E-state index in [4.69, 9.17) is 0 Å². The van der Waals surface area contributed by atoms with Crippen LogP contribution in [0.4, 0.5) is 5.82 Å². The van der Waals surface area contributed by atoms with Gasteiger partial charge in [0, 0.05) is 30.4 Å². The number of carbonyl (C=O) groups excluding carboxylic acids is 1. The first-order valence-corrected chi connectivity index (χ1v) is 7.35. The van der Waals surface area contributed by atoms with Gasteiger partial charge in [-0.2, -0.15) is 0 Å². The lowest BCUT2D eigenvalue weighted by atomic mass is 10.1. The van der Waals surface area contributed by atoms with Crippen LogP contribution >= 0.6 is 0 Å². The normalized spacial score (nSPS) is 12.2. The van der Waals surface area contributed by atoms with Gasteiger partial charge in [0.25, 0.3) is 5.91 Å². The van der Waals surface area contributed by atoms with Gasteiger partial charge in [-0.25, -0.2) is 0 Å². The monoisotopic (exact) mass is 286 g/mol. The lowest BCUT2D eigenvalue weighted by molar-refractivity contribution is 0.0935. The van der Waals surface area contributed by atoms with Gasteiger partial charge in [0.1, 0.15) is 0 Å². The first kappa shape index (κ1) is 15.2. The smallest absolute Gasteiger partial charge is 0.272 e. The zero-order valence-electron chi connectivity index (χ0n) is 13.1. The molecule has 1 aromatic heterocycles. The Bertz CT molecular complexity index is 641. The van der Waals surface area contributed by atoms with Crippen LogP contribution < -0.4 is 10.2 Å². The molecule has 0 spiro atoms. The van der Waals surface area contributed by atoms with Crippen molar-refractivity contribution in [2.75, 3.05) is 18.5 Å². The Balaban J connectivity index is 2.50. The molecule has 0 saturated heterocycles. The highest BCUT2D eigenvalue weighted by molar-refractivity contribution is 6.07. The molecular weight excluding hydrogens is 264 g/mol. The summed E-state index contributed by atoms with van der Waals surface area (Å²) in [5, 5.41) is 13.1. The Hall–Kier alpha value is -2.17. The van der Waals surface area contributed by atoms with Crippen molar-refractivity contribution < 1.29 is 4.79 Å². The Morgan fingerprint density at radius 1 is 1.24 bits per heavy atom. The van der Waals surface area contributed by atoms with Gasteiger partial charge in [-0.15, -0.1) is 10.2 Å². The number of hydrogen-bond acceptors (Lipinski definition) is 4. The summed E-state index contributed by atoms with van der Waals surface area (Å²) in [6.07, 6.45) is 0.883. The van der Waals surface area contributed by atoms with E-state index in [-0.39, 0.29) is 11.9 Å². The summed E-state index contributed by atoms with van der Waals surface area (Å²) in [4.78, 5) is 14.4. The summed E-state index contributed by atoms with van der Waals surface area (Å²) in [6, 6.07) is 7.89. The van der Waals surface area contributed by atoms with Crippen molar-refractivity contribution in [3.63, 3.8) is 0 Å². The Morgan fingerprint density at radius 2 is 1.90 bits per heavy atom. The molecule has 0 aliphatic carbocycles. The van der Waals surface area contributed by atoms with Crippen molar-refractivity contribution in [3.8, 4) is 0 Å². The van der Waals surface area contributed by atoms with Crippen LogP contribution in [-0.2, 0) is 0 Å². The van der Waals surface area contributed by atoms with E-state index in [9.17, 15) is 4.79 Å². The minimum atomic E-state index is -0.168. The predicted octanol–water partition coefficient (Wildman–Crippen LogP) is 2.61. The molecule has 1 aromatic carbocycles. The van der Waals surface area contributed by atoms with Crippen molar-refractivity contribution in [2.45, 2.75) is 33.2 Å². The number of anilines is 1. The number of fused-ring (bicyclic) bond motifs is 1. The third-order valence-electron chi connectivity index (χ3n) is 3.71. The minimum absolute atomic E-state index is 0.121. The molecule has 1 N–H and O–H groups in total. The van der Waals surface area contributed by atoms with Crippen LogP contribution in [0.1, 0.15) is 37.7 Å². The van der Waals surface area contributed by atoms with Crippen molar-refractivity contribution in [1.29, 1.82) is 0 Å². The maximum absolute atomic E-state index is 12.4. The first-order chi connectivity index (χ1) is 10.1. The van der Waals surface area contributed by atoms with Crippen LogP contribution in [0.2, 0.25) is 0 Å². The fourth-order valence-electron chi connectivity index (χ4n) is 2.08. The van der Waals surface area contributed by atoms with Gasteiger partial charge < -0.3 is 10.2 Å². The Kier molecular flexibility index (Phi) is 4.73. The highest BCUT2D eigenvalue weighted by atomic mass is 16.2. The van der Waals surface area contributed by atoms with Crippen molar-refractivity contribution >= 4 is 22.5 Å². The average molecular weight is 286 g/mol. The van der Waals surface area contributed by atoms with Crippen LogP contribution in [0.3, 0.4) is 0 Å². The summed E-state index contributed by atoms with van der Waals surface area (Å²) < 4.78 is 0. The molecular formula is C16H22N4O. The third-order valence-corrected chi connectivity index (χ3v) is 3.71. The second-order valence-electron chi connectivity index (χ2n) is 5.21. The molecule has 112 valence electrons. The maximum atomic E-state index is 12.4. The molecule has 0 bridgehead atoms. The molecule has 0 aliphatic rings. The number of aromatic nitrogens is 2. The summed E-state index contributed by atoms with van der Waals surface area (Å²) in [5.41, 5.74) is 0.388. The number of hydrogen-bond donors (Lipinski definition) is 1. The molecule has 1 amide bonds. The number of amides is 1. The summed E-state index contributed by atoms with van der Waals surface area (Å²) in [6.45, 7) is 6.90. The summed E-state index contributed by atoms with van der Waals surface area (Å²) >= 11 is 0. The minimum Gasteiger partial charge on any atom is -0.358 e. The van der Waals surface area contributed by atoms with Gasteiger partial charge >= 0.3 is 0 Å². The molecule has 21 heavy (non-hydrogen) atoms. The van der Waals surface area contributed by atoms with Gasteiger partial charge in [-0.3, -0.25) is 4.79 Å². The summed E-state index contributed by atoms with van der Waals surface area (Å²) in [7, 11) is 1.97. The van der Waals surface area contributed by atoms with Crippen LogP contribution in [-0.4, -0.2) is 35.7 Å². The van der Waals surface area contributed by atoms with Crippen molar-refractivity contribution in [1.82, 2.24) is 15.5 Å². The zero-order valence-corrected chi connectivity index (χ0v) is 13.1. The number of benzene rings is 1. The summed E-state index contributed by atoms with van der Waals surface area (Å²) in [5.74, 6) is 0.631. The van der Waals surface area contributed by atoms with Crippen LogP contribution in [0.5, 0.6) is 0 Å². The molecule has 1 atom stereocenters. The number of rotatable bonds is 5. The highest BCUT2D eigenvalue weighted by Crippen LogP contribution is 2.25. The highest BCUT2D eigenvalue weighted by Gasteiger charge is 2.17. The maximum Gasteiger partial charge on any atom is 0.272 e. The molecule has 0 aliphatic heterocycles. The molecule has 5 heteroatoms. The van der Waals surface area contributed by atoms with Gasteiger partial charge in [0.2, 0.25) is 0 Å². The molecule has 0 saturated carbocycles. The number of nitrogens with zero attached hydrogens (tertiary/aromatic N) is 3. The van der Waals surface area contributed by atoms with Crippen LogP contribution in [0.25, 0.3) is 10.8 Å². The molecule has 2 rings (SSSR count). The zero-order chi connectivity index (χ0) is 15.4. The van der Waals surface area contributed by atoms with Gasteiger partial charge in [0.15, 0.2) is 11.5 Å². The topological polar surface area (TPSA) is 58.1 Å². The standard InChI is InChI=1S/C16H22N4O/c1-5-11(3)17-16(21)14-12-9-7-8-10-13(12)15(19-18-14)20(4)6-2/h7-11H,5-6H2,1-4H3,(H,17,21). The molecule has 1 heterocycles. The number of carbonyl (C=O) groups is 1.